The van der Waals surface area contributed by atoms with E-state index in [9.17, 15) is 9.59 Å². The molecule has 1 aromatic rings. The standard InChI is InChI=1S/C11H12O3/c1-8(13)9-3-4-11(14-2)10(7-9)5-6-12/h3-4,6-7H,5H2,1-2H3. The van der Waals surface area contributed by atoms with Gasteiger partial charge in [-0.1, -0.05) is 0 Å². The predicted octanol–water partition coefficient (Wildman–Crippen LogP) is 1.64. The summed E-state index contributed by atoms with van der Waals surface area (Å²) in [6.07, 6.45) is 1.06. The molecular weight excluding hydrogens is 180 g/mol. The molecule has 3 heteroatoms. The zero-order valence-electron chi connectivity index (χ0n) is 8.24. The van der Waals surface area contributed by atoms with Crippen molar-refractivity contribution in [3.8, 4) is 5.75 Å². The molecule has 0 aromatic heterocycles. The van der Waals surface area contributed by atoms with E-state index in [0.717, 1.165) is 11.8 Å². The number of hydrogen-bond acceptors (Lipinski definition) is 3. The number of hydrogen-bond donors (Lipinski definition) is 0. The van der Waals surface area contributed by atoms with Crippen LogP contribution in [0.4, 0.5) is 0 Å². The first-order valence-electron chi connectivity index (χ1n) is 4.30. The van der Waals surface area contributed by atoms with Gasteiger partial charge in [0.15, 0.2) is 5.78 Å². The number of benzene rings is 1. The Kier molecular flexibility index (Phi) is 3.40. The second kappa shape index (κ2) is 4.56. The summed E-state index contributed by atoms with van der Waals surface area (Å²) < 4.78 is 5.06. The largest absolute Gasteiger partial charge is 0.496 e. The summed E-state index contributed by atoms with van der Waals surface area (Å²) in [7, 11) is 1.54. The summed E-state index contributed by atoms with van der Waals surface area (Å²) in [5.74, 6) is 0.627. The first-order chi connectivity index (χ1) is 6.69. The lowest BCUT2D eigenvalue weighted by Crippen LogP contribution is -1.98. The molecule has 74 valence electrons. The number of rotatable bonds is 4. The Balaban J connectivity index is 3.13. The van der Waals surface area contributed by atoms with Gasteiger partial charge in [0.05, 0.1) is 7.11 Å². The summed E-state index contributed by atoms with van der Waals surface area (Å²) in [4.78, 5) is 21.5. The third kappa shape index (κ3) is 2.19. The molecule has 0 unspecified atom stereocenters. The van der Waals surface area contributed by atoms with Gasteiger partial charge in [0.1, 0.15) is 12.0 Å². The van der Waals surface area contributed by atoms with Crippen molar-refractivity contribution in [3.63, 3.8) is 0 Å². The highest BCUT2D eigenvalue weighted by Gasteiger charge is 2.06. The molecule has 0 fully saturated rings. The Morgan fingerprint density at radius 2 is 2.21 bits per heavy atom. The molecule has 14 heavy (non-hydrogen) atoms. The van der Waals surface area contributed by atoms with Gasteiger partial charge in [0.25, 0.3) is 0 Å². The summed E-state index contributed by atoms with van der Waals surface area (Å²) in [6, 6.07) is 5.08. The lowest BCUT2D eigenvalue weighted by atomic mass is 10.1. The van der Waals surface area contributed by atoms with E-state index in [-0.39, 0.29) is 12.2 Å². The van der Waals surface area contributed by atoms with Gasteiger partial charge in [-0.05, 0) is 25.1 Å². The Bertz CT molecular complexity index is 356. The van der Waals surface area contributed by atoms with E-state index >= 15 is 0 Å². The van der Waals surface area contributed by atoms with Crippen molar-refractivity contribution in [2.45, 2.75) is 13.3 Å². The van der Waals surface area contributed by atoms with Crippen LogP contribution in [-0.4, -0.2) is 19.2 Å². The van der Waals surface area contributed by atoms with Crippen molar-refractivity contribution in [3.05, 3.63) is 29.3 Å². The molecule has 0 bridgehead atoms. The molecule has 0 spiro atoms. The van der Waals surface area contributed by atoms with Crippen LogP contribution in [0.2, 0.25) is 0 Å². The quantitative estimate of drug-likeness (QED) is 0.538. The molecule has 0 saturated heterocycles. The highest BCUT2D eigenvalue weighted by atomic mass is 16.5. The highest BCUT2D eigenvalue weighted by Crippen LogP contribution is 2.20. The van der Waals surface area contributed by atoms with Crippen molar-refractivity contribution in [1.29, 1.82) is 0 Å². The fraction of sp³-hybridized carbons (Fsp3) is 0.273. The average molecular weight is 192 g/mol. The van der Waals surface area contributed by atoms with Crippen LogP contribution in [0.3, 0.4) is 0 Å². The number of carbonyl (C=O) groups is 2. The van der Waals surface area contributed by atoms with E-state index < -0.39 is 0 Å². The van der Waals surface area contributed by atoms with E-state index in [0.29, 0.717) is 11.3 Å². The van der Waals surface area contributed by atoms with Crippen LogP contribution < -0.4 is 4.74 Å². The van der Waals surface area contributed by atoms with E-state index in [1.807, 2.05) is 0 Å². The molecule has 0 aliphatic heterocycles. The van der Waals surface area contributed by atoms with Crippen LogP contribution in [0.15, 0.2) is 18.2 Å². The Labute approximate surface area is 82.7 Å². The SMILES string of the molecule is COc1ccc(C(C)=O)cc1CC=O. The molecule has 0 heterocycles. The van der Waals surface area contributed by atoms with Crippen molar-refractivity contribution >= 4 is 12.1 Å². The minimum absolute atomic E-state index is 0.0141. The Morgan fingerprint density at radius 1 is 1.50 bits per heavy atom. The lowest BCUT2D eigenvalue weighted by molar-refractivity contribution is -0.107. The summed E-state index contributed by atoms with van der Waals surface area (Å²) in [6.45, 7) is 1.49. The fourth-order valence-corrected chi connectivity index (χ4v) is 1.25. The van der Waals surface area contributed by atoms with Crippen LogP contribution >= 0.6 is 0 Å². The normalized spacial score (nSPS) is 9.57. The van der Waals surface area contributed by atoms with Crippen molar-refractivity contribution < 1.29 is 14.3 Å². The maximum Gasteiger partial charge on any atom is 0.159 e. The molecule has 0 saturated carbocycles. The van der Waals surface area contributed by atoms with Crippen LogP contribution in [-0.2, 0) is 11.2 Å². The van der Waals surface area contributed by atoms with E-state index in [1.165, 1.54) is 14.0 Å². The number of carbonyl (C=O) groups excluding carboxylic acids is 2. The van der Waals surface area contributed by atoms with Crippen LogP contribution in [0.1, 0.15) is 22.8 Å². The predicted molar refractivity (Wildman–Crippen MR) is 52.8 cm³/mol. The van der Waals surface area contributed by atoms with Gasteiger partial charge in [0, 0.05) is 17.5 Å². The monoisotopic (exact) mass is 192 g/mol. The van der Waals surface area contributed by atoms with Gasteiger partial charge >= 0.3 is 0 Å². The number of Topliss-reactive ketones (excluding diaryl/α,β-unsaturated/α-hetero) is 1. The van der Waals surface area contributed by atoms with Crippen molar-refractivity contribution in [2.75, 3.05) is 7.11 Å². The molecule has 0 atom stereocenters. The zero-order valence-corrected chi connectivity index (χ0v) is 8.24. The van der Waals surface area contributed by atoms with Gasteiger partial charge in [-0.15, -0.1) is 0 Å². The molecule has 1 aromatic carbocycles. The Hall–Kier alpha value is -1.64. The zero-order chi connectivity index (χ0) is 10.6. The summed E-state index contributed by atoms with van der Waals surface area (Å²) >= 11 is 0. The molecule has 0 N–H and O–H groups in total. The number of aldehydes is 1. The molecular formula is C11H12O3. The van der Waals surface area contributed by atoms with Crippen LogP contribution in [0.25, 0.3) is 0 Å². The maximum atomic E-state index is 11.1. The molecule has 0 radical (unpaired) electrons. The second-order valence-electron chi connectivity index (χ2n) is 2.95. The summed E-state index contributed by atoms with van der Waals surface area (Å²) in [5, 5.41) is 0. The van der Waals surface area contributed by atoms with Crippen LogP contribution in [0, 0.1) is 0 Å². The molecule has 3 nitrogen and oxygen atoms in total. The first-order valence-corrected chi connectivity index (χ1v) is 4.30. The average Bonchev–Trinajstić information content (AvgIpc) is 2.18. The number of ether oxygens (including phenoxy) is 1. The third-order valence-electron chi connectivity index (χ3n) is 1.99. The van der Waals surface area contributed by atoms with Crippen molar-refractivity contribution in [1.82, 2.24) is 0 Å². The Morgan fingerprint density at radius 3 is 2.71 bits per heavy atom. The van der Waals surface area contributed by atoms with E-state index in [2.05, 4.69) is 0 Å². The molecule has 0 aliphatic rings. The second-order valence-corrected chi connectivity index (χ2v) is 2.95. The van der Waals surface area contributed by atoms with Gasteiger partial charge in [-0.2, -0.15) is 0 Å². The third-order valence-corrected chi connectivity index (χ3v) is 1.99. The van der Waals surface area contributed by atoms with Gasteiger partial charge in [-0.3, -0.25) is 4.79 Å². The summed E-state index contributed by atoms with van der Waals surface area (Å²) in [5.41, 5.74) is 1.35. The lowest BCUT2D eigenvalue weighted by Gasteiger charge is -2.06. The first kappa shape index (κ1) is 10.4. The fourth-order valence-electron chi connectivity index (χ4n) is 1.25. The topological polar surface area (TPSA) is 43.4 Å². The maximum absolute atomic E-state index is 11.1. The smallest absolute Gasteiger partial charge is 0.159 e. The molecule has 0 aliphatic carbocycles. The van der Waals surface area contributed by atoms with E-state index in [1.54, 1.807) is 18.2 Å². The van der Waals surface area contributed by atoms with Crippen LogP contribution in [0.5, 0.6) is 5.75 Å². The van der Waals surface area contributed by atoms with E-state index in [4.69, 9.17) is 4.74 Å². The number of methoxy groups -OCH3 is 1. The minimum atomic E-state index is -0.0141. The highest BCUT2D eigenvalue weighted by molar-refractivity contribution is 5.94. The minimum Gasteiger partial charge on any atom is -0.496 e. The van der Waals surface area contributed by atoms with Gasteiger partial charge in [0.2, 0.25) is 0 Å². The van der Waals surface area contributed by atoms with Gasteiger partial charge < -0.3 is 9.53 Å². The molecule has 0 amide bonds. The van der Waals surface area contributed by atoms with Gasteiger partial charge in [-0.25, -0.2) is 0 Å². The number of ketones is 1. The molecule has 1 rings (SSSR count). The van der Waals surface area contributed by atoms with Crippen molar-refractivity contribution in [2.24, 2.45) is 0 Å².